The van der Waals surface area contributed by atoms with Gasteiger partial charge >= 0.3 is 0 Å². The zero-order chi connectivity index (χ0) is 16.9. The van der Waals surface area contributed by atoms with E-state index in [1.54, 1.807) is 26.4 Å². The Balaban J connectivity index is 1.80. The lowest BCUT2D eigenvalue weighted by Gasteiger charge is -2.23. The van der Waals surface area contributed by atoms with Gasteiger partial charge < -0.3 is 19.5 Å². The number of benzene rings is 1. The van der Waals surface area contributed by atoms with Crippen LogP contribution in [0.4, 0.5) is 5.82 Å². The van der Waals surface area contributed by atoms with Gasteiger partial charge in [-0.05, 0) is 6.07 Å². The topological polar surface area (TPSA) is 107 Å². The van der Waals surface area contributed by atoms with E-state index in [1.165, 1.54) is 6.33 Å². The van der Waals surface area contributed by atoms with Crippen molar-refractivity contribution in [3.05, 3.63) is 18.5 Å². The zero-order valence-electron chi connectivity index (χ0n) is 13.5. The average molecular weight is 333 g/mol. The summed E-state index contributed by atoms with van der Waals surface area (Å²) in [4.78, 5) is 20.5. The Labute approximate surface area is 138 Å². The summed E-state index contributed by atoms with van der Waals surface area (Å²) in [5.74, 6) is 1.31. The van der Waals surface area contributed by atoms with Crippen molar-refractivity contribution in [1.29, 1.82) is 0 Å². The first-order chi connectivity index (χ1) is 11.7. The van der Waals surface area contributed by atoms with Crippen LogP contribution in [0.25, 0.3) is 10.9 Å². The number of fused-ring (bicyclic) bond motifs is 1. The summed E-state index contributed by atoms with van der Waals surface area (Å²) >= 11 is 0. The lowest BCUT2D eigenvalue weighted by molar-refractivity contribution is -0.133. The fraction of sp³-hybridized carbons (Fsp3) is 0.400. The second-order valence-corrected chi connectivity index (χ2v) is 5.12. The van der Waals surface area contributed by atoms with E-state index in [-0.39, 0.29) is 5.91 Å². The van der Waals surface area contributed by atoms with Gasteiger partial charge in [-0.15, -0.1) is 0 Å². The molecular weight excluding hydrogens is 314 g/mol. The summed E-state index contributed by atoms with van der Waals surface area (Å²) in [5.41, 5.74) is 6.09. The molecule has 3 rings (SSSR count). The van der Waals surface area contributed by atoms with Crippen molar-refractivity contribution in [2.24, 2.45) is 0 Å². The summed E-state index contributed by atoms with van der Waals surface area (Å²) in [7, 11) is 3.11. The number of carbonyl (C=O) groups is 1. The minimum absolute atomic E-state index is 0.269. The van der Waals surface area contributed by atoms with Crippen molar-refractivity contribution in [2.75, 3.05) is 39.3 Å². The molecule has 1 unspecified atom stereocenters. The minimum Gasteiger partial charge on any atom is -0.493 e. The third-order valence-electron chi connectivity index (χ3n) is 3.66. The number of amides is 1. The van der Waals surface area contributed by atoms with Crippen LogP contribution in [0.3, 0.4) is 0 Å². The molecule has 0 aliphatic carbocycles. The van der Waals surface area contributed by atoms with E-state index in [1.807, 2.05) is 0 Å². The Kier molecular flexibility index (Phi) is 4.92. The van der Waals surface area contributed by atoms with Gasteiger partial charge in [-0.1, -0.05) is 0 Å². The van der Waals surface area contributed by atoms with Crippen LogP contribution >= 0.6 is 0 Å². The number of methoxy groups -OCH3 is 2. The van der Waals surface area contributed by atoms with E-state index in [9.17, 15) is 4.79 Å². The van der Waals surface area contributed by atoms with Gasteiger partial charge in [0.15, 0.2) is 17.3 Å². The van der Waals surface area contributed by atoms with Crippen LogP contribution in [-0.4, -0.2) is 55.9 Å². The molecule has 24 heavy (non-hydrogen) atoms. The number of hydrogen-bond acceptors (Lipinski definition) is 8. The van der Waals surface area contributed by atoms with Gasteiger partial charge in [-0.2, -0.15) is 0 Å². The molecule has 1 aromatic heterocycles. The van der Waals surface area contributed by atoms with Gasteiger partial charge in [0.2, 0.25) is 0 Å². The minimum atomic E-state index is -0.533. The maximum atomic E-state index is 12.1. The Morgan fingerprint density at radius 3 is 2.79 bits per heavy atom. The molecule has 9 nitrogen and oxygen atoms in total. The molecule has 0 saturated carbocycles. The van der Waals surface area contributed by atoms with Crippen LogP contribution in [0, 0.1) is 0 Å². The van der Waals surface area contributed by atoms with Crippen LogP contribution in [0.15, 0.2) is 18.5 Å². The Morgan fingerprint density at radius 1 is 1.29 bits per heavy atom. The van der Waals surface area contributed by atoms with E-state index in [4.69, 9.17) is 14.2 Å². The van der Waals surface area contributed by atoms with Crippen molar-refractivity contribution in [1.82, 2.24) is 20.7 Å². The van der Waals surface area contributed by atoms with Gasteiger partial charge in [0.25, 0.3) is 5.91 Å². The highest BCUT2D eigenvalue weighted by atomic mass is 16.5. The number of aromatic nitrogens is 2. The normalized spacial score (nSPS) is 17.3. The van der Waals surface area contributed by atoms with Crippen LogP contribution in [0.5, 0.6) is 11.5 Å². The second kappa shape index (κ2) is 7.28. The number of nitrogens with one attached hydrogen (secondary N) is 3. The van der Waals surface area contributed by atoms with Crippen LogP contribution < -0.4 is 25.6 Å². The van der Waals surface area contributed by atoms with E-state index in [0.717, 1.165) is 6.54 Å². The summed E-state index contributed by atoms with van der Waals surface area (Å²) in [5, 5.41) is 3.79. The highest BCUT2D eigenvalue weighted by Gasteiger charge is 2.21. The number of ether oxygens (including phenoxy) is 3. The van der Waals surface area contributed by atoms with E-state index < -0.39 is 6.10 Å². The molecule has 0 spiro atoms. The summed E-state index contributed by atoms with van der Waals surface area (Å²) < 4.78 is 16.0. The molecular formula is C15H19N5O4. The first kappa shape index (κ1) is 16.2. The van der Waals surface area contributed by atoms with Gasteiger partial charge in [0, 0.05) is 24.5 Å². The molecule has 128 valence electrons. The number of carbonyl (C=O) groups excluding carboxylic acids is 1. The molecule has 1 saturated heterocycles. The smallest absolute Gasteiger partial charge is 0.268 e. The van der Waals surface area contributed by atoms with Crippen molar-refractivity contribution in [3.63, 3.8) is 0 Å². The SMILES string of the molecule is COc1cc2ncnc(NNC(=O)C3CNCCO3)c2cc1OC. The van der Waals surface area contributed by atoms with E-state index in [0.29, 0.717) is 41.4 Å². The largest absolute Gasteiger partial charge is 0.493 e. The molecule has 0 radical (unpaired) electrons. The molecule has 2 heterocycles. The number of nitrogens with zero attached hydrogens (tertiary/aromatic N) is 2. The number of hydrogen-bond donors (Lipinski definition) is 3. The maximum Gasteiger partial charge on any atom is 0.268 e. The first-order valence-corrected chi connectivity index (χ1v) is 7.48. The fourth-order valence-electron chi connectivity index (χ4n) is 2.42. The number of rotatable bonds is 5. The Bertz CT molecular complexity index is 733. The van der Waals surface area contributed by atoms with Gasteiger partial charge in [-0.25, -0.2) is 9.97 Å². The van der Waals surface area contributed by atoms with E-state index in [2.05, 4.69) is 26.1 Å². The molecule has 1 aromatic carbocycles. The first-order valence-electron chi connectivity index (χ1n) is 7.48. The van der Waals surface area contributed by atoms with Crippen molar-refractivity contribution >= 4 is 22.6 Å². The number of morpholine rings is 1. The Morgan fingerprint density at radius 2 is 2.08 bits per heavy atom. The van der Waals surface area contributed by atoms with Crippen LogP contribution in [0.2, 0.25) is 0 Å². The molecule has 1 aliphatic rings. The zero-order valence-corrected chi connectivity index (χ0v) is 13.5. The molecule has 1 aliphatic heterocycles. The van der Waals surface area contributed by atoms with E-state index >= 15 is 0 Å². The monoisotopic (exact) mass is 333 g/mol. The number of anilines is 1. The molecule has 1 amide bonds. The highest BCUT2D eigenvalue weighted by molar-refractivity contribution is 5.92. The highest BCUT2D eigenvalue weighted by Crippen LogP contribution is 2.33. The average Bonchev–Trinajstić information content (AvgIpc) is 2.65. The van der Waals surface area contributed by atoms with Crippen LogP contribution in [0.1, 0.15) is 0 Å². The molecule has 2 aromatic rings. The predicted molar refractivity (Wildman–Crippen MR) is 87.0 cm³/mol. The molecule has 3 N–H and O–H groups in total. The molecule has 9 heteroatoms. The molecule has 0 bridgehead atoms. The van der Waals surface area contributed by atoms with Crippen molar-refractivity contribution in [2.45, 2.75) is 6.10 Å². The third kappa shape index (κ3) is 3.31. The van der Waals surface area contributed by atoms with Crippen molar-refractivity contribution in [3.8, 4) is 11.5 Å². The van der Waals surface area contributed by atoms with Crippen LogP contribution in [-0.2, 0) is 9.53 Å². The maximum absolute atomic E-state index is 12.1. The predicted octanol–water partition coefficient (Wildman–Crippen LogP) is 0.0785. The lowest BCUT2D eigenvalue weighted by Crippen LogP contribution is -2.49. The van der Waals surface area contributed by atoms with Gasteiger partial charge in [0.1, 0.15) is 12.4 Å². The molecule has 1 atom stereocenters. The quantitative estimate of drug-likeness (QED) is 0.661. The summed E-state index contributed by atoms with van der Waals surface area (Å²) in [6, 6.07) is 3.50. The lowest BCUT2D eigenvalue weighted by atomic mass is 10.2. The summed E-state index contributed by atoms with van der Waals surface area (Å²) in [6.07, 6.45) is 0.871. The number of hydrazine groups is 1. The Hall–Kier alpha value is -2.65. The van der Waals surface area contributed by atoms with Gasteiger partial charge in [-0.3, -0.25) is 15.6 Å². The fourth-order valence-corrected chi connectivity index (χ4v) is 2.42. The summed E-state index contributed by atoms with van der Waals surface area (Å²) in [6.45, 7) is 1.73. The van der Waals surface area contributed by atoms with Crippen molar-refractivity contribution < 1.29 is 19.0 Å². The third-order valence-corrected chi connectivity index (χ3v) is 3.66. The standard InChI is InChI=1S/C15H19N5O4/c1-22-11-5-9-10(6-12(11)23-2)17-8-18-14(9)19-20-15(21)13-7-16-3-4-24-13/h5-6,8,13,16H,3-4,7H2,1-2H3,(H,20,21)(H,17,18,19). The van der Waals surface area contributed by atoms with Gasteiger partial charge in [0.05, 0.1) is 26.3 Å². The molecule has 1 fully saturated rings. The second-order valence-electron chi connectivity index (χ2n) is 5.12.